The fourth-order valence-corrected chi connectivity index (χ4v) is 2.60. The van der Waals surface area contributed by atoms with Gasteiger partial charge in [-0.15, -0.1) is 0 Å². The number of ether oxygens (including phenoxy) is 1. The molecule has 0 heterocycles. The molecule has 0 spiro atoms. The summed E-state index contributed by atoms with van der Waals surface area (Å²) < 4.78 is 12.0. The molecule has 0 aromatic rings. The van der Waals surface area contributed by atoms with Crippen LogP contribution in [0.25, 0.3) is 0 Å². The first-order valence-corrected chi connectivity index (χ1v) is 11.6. The molecule has 2 nitrogen and oxygen atoms in total. The summed E-state index contributed by atoms with van der Waals surface area (Å²) in [5, 5.41) is 0.156. The first kappa shape index (κ1) is 21.1. The monoisotopic (exact) mass is 324 g/mol. The average Bonchev–Trinajstić information content (AvgIpc) is 2.40. The molecule has 0 aliphatic rings. The molecule has 0 bridgehead atoms. The molecule has 0 N–H and O–H groups in total. The molecule has 0 fully saturated rings. The van der Waals surface area contributed by atoms with E-state index in [4.69, 9.17) is 9.16 Å². The summed E-state index contributed by atoms with van der Waals surface area (Å²) in [4.78, 5) is 0. The quantitative estimate of drug-likeness (QED) is 0.227. The van der Waals surface area contributed by atoms with Crippen LogP contribution < -0.4 is 0 Å². The van der Waals surface area contributed by atoms with Crippen LogP contribution in [0.2, 0.25) is 18.1 Å². The Bertz CT molecular complexity index is 405. The highest BCUT2D eigenvalue weighted by Crippen LogP contribution is 2.38. The van der Waals surface area contributed by atoms with Crippen molar-refractivity contribution in [3.63, 3.8) is 0 Å². The summed E-state index contributed by atoms with van der Waals surface area (Å²) in [6.07, 6.45) is 5.97. The van der Waals surface area contributed by atoms with Crippen molar-refractivity contribution in [2.45, 2.75) is 91.8 Å². The lowest BCUT2D eigenvalue weighted by atomic mass is 10.1. The van der Waals surface area contributed by atoms with Crippen LogP contribution in [0.1, 0.15) is 73.6 Å². The predicted molar refractivity (Wildman–Crippen MR) is 99.1 cm³/mol. The van der Waals surface area contributed by atoms with Crippen molar-refractivity contribution in [1.82, 2.24) is 0 Å². The lowest BCUT2D eigenvalue weighted by molar-refractivity contribution is 0.104. The fraction of sp³-hybridized carbons (Fsp3) is 0.789. The van der Waals surface area contributed by atoms with Crippen molar-refractivity contribution in [2.24, 2.45) is 0 Å². The van der Waals surface area contributed by atoms with E-state index in [2.05, 4.69) is 52.6 Å². The molecule has 0 aromatic heterocycles. The average molecular weight is 325 g/mol. The Morgan fingerprint density at radius 3 is 2.18 bits per heavy atom. The zero-order chi connectivity index (χ0) is 17.2. The Balaban J connectivity index is 4.86. The van der Waals surface area contributed by atoms with Gasteiger partial charge in [-0.2, -0.15) is 0 Å². The van der Waals surface area contributed by atoms with Gasteiger partial charge in [0.1, 0.15) is 0 Å². The van der Waals surface area contributed by atoms with Crippen molar-refractivity contribution in [2.75, 3.05) is 6.61 Å². The van der Waals surface area contributed by atoms with Crippen molar-refractivity contribution < 1.29 is 9.16 Å². The van der Waals surface area contributed by atoms with Crippen molar-refractivity contribution in [1.29, 1.82) is 0 Å². The van der Waals surface area contributed by atoms with E-state index in [1.165, 1.54) is 25.7 Å². The minimum absolute atomic E-state index is 0.156. The van der Waals surface area contributed by atoms with Crippen LogP contribution in [0.3, 0.4) is 0 Å². The lowest BCUT2D eigenvalue weighted by Crippen LogP contribution is -2.40. The number of unbranched alkanes of at least 4 members (excludes halogenated alkanes) is 4. The molecule has 0 aliphatic heterocycles. The van der Waals surface area contributed by atoms with Gasteiger partial charge in [-0.1, -0.05) is 58.8 Å². The third-order valence-electron chi connectivity index (χ3n) is 4.17. The van der Waals surface area contributed by atoms with E-state index in [1.54, 1.807) is 0 Å². The van der Waals surface area contributed by atoms with Gasteiger partial charge in [0.2, 0.25) is 0 Å². The van der Waals surface area contributed by atoms with E-state index in [-0.39, 0.29) is 5.04 Å². The molecule has 0 aliphatic carbocycles. The van der Waals surface area contributed by atoms with Gasteiger partial charge in [0.05, 0.1) is 12.2 Å². The highest BCUT2D eigenvalue weighted by atomic mass is 28.4. The van der Waals surface area contributed by atoms with Gasteiger partial charge in [-0.05, 0) is 38.4 Å². The largest absolute Gasteiger partial charge is 0.518 e. The van der Waals surface area contributed by atoms with Crippen LogP contribution in [0.5, 0.6) is 0 Å². The Morgan fingerprint density at radius 2 is 1.68 bits per heavy atom. The highest BCUT2D eigenvalue weighted by molar-refractivity contribution is 6.74. The van der Waals surface area contributed by atoms with Crippen LogP contribution in [0, 0.1) is 11.8 Å². The van der Waals surface area contributed by atoms with E-state index in [0.29, 0.717) is 12.6 Å². The van der Waals surface area contributed by atoms with Crippen molar-refractivity contribution >= 4 is 8.32 Å². The third kappa shape index (κ3) is 7.94. The Morgan fingerprint density at radius 1 is 1.05 bits per heavy atom. The van der Waals surface area contributed by atoms with Crippen LogP contribution in [0.15, 0.2) is 11.5 Å². The first-order chi connectivity index (χ1) is 10.2. The zero-order valence-corrected chi connectivity index (χ0v) is 17.1. The minimum atomic E-state index is -1.88. The molecule has 0 unspecified atom stereocenters. The fourth-order valence-electron chi connectivity index (χ4n) is 1.62. The molecule has 22 heavy (non-hydrogen) atoms. The van der Waals surface area contributed by atoms with Gasteiger partial charge >= 0.3 is 0 Å². The second-order valence-corrected chi connectivity index (χ2v) is 12.0. The minimum Gasteiger partial charge on any atom is -0.518 e. The SMILES string of the molecule is CCCCCCC#C/C(C)=C(/OCC)O[Si](C)(C)C(C)(C)C. The van der Waals surface area contributed by atoms with E-state index < -0.39 is 8.32 Å². The summed E-state index contributed by atoms with van der Waals surface area (Å²) in [5.41, 5.74) is 0.919. The maximum absolute atomic E-state index is 6.29. The normalized spacial score (nSPS) is 13.1. The molecule has 0 atom stereocenters. The van der Waals surface area contributed by atoms with Crippen LogP contribution in [-0.2, 0) is 9.16 Å². The van der Waals surface area contributed by atoms with E-state index in [1.807, 2.05) is 13.8 Å². The van der Waals surface area contributed by atoms with E-state index in [0.717, 1.165) is 12.0 Å². The summed E-state index contributed by atoms with van der Waals surface area (Å²) >= 11 is 0. The Labute approximate surface area is 139 Å². The molecular formula is C19H36O2Si. The van der Waals surface area contributed by atoms with E-state index >= 15 is 0 Å². The topological polar surface area (TPSA) is 18.5 Å². The smallest absolute Gasteiger partial charge is 0.277 e. The summed E-state index contributed by atoms with van der Waals surface area (Å²) in [6.45, 7) is 18.0. The summed E-state index contributed by atoms with van der Waals surface area (Å²) in [6, 6.07) is 0. The summed E-state index contributed by atoms with van der Waals surface area (Å²) in [7, 11) is -1.88. The van der Waals surface area contributed by atoms with Gasteiger partial charge in [-0.3, -0.25) is 0 Å². The molecule has 0 radical (unpaired) electrons. The standard InChI is InChI=1S/C19H36O2Si/c1-9-11-12-13-14-15-16-17(3)18(20-10-2)21-22(7,8)19(4,5)6/h9-14H2,1-8H3/b18-17-. The number of allylic oxidation sites excluding steroid dienone is 1. The predicted octanol–water partition coefficient (Wildman–Crippen LogP) is 6.25. The number of rotatable bonds is 8. The molecule has 0 rings (SSSR count). The second kappa shape index (κ2) is 10.00. The second-order valence-electron chi connectivity index (χ2n) is 7.32. The van der Waals surface area contributed by atoms with Gasteiger partial charge < -0.3 is 9.16 Å². The lowest BCUT2D eigenvalue weighted by Gasteiger charge is -2.36. The van der Waals surface area contributed by atoms with Crippen molar-refractivity contribution in [3.05, 3.63) is 11.5 Å². The Hall–Kier alpha value is -0.883. The maximum Gasteiger partial charge on any atom is 0.277 e. The van der Waals surface area contributed by atoms with Gasteiger partial charge in [0.25, 0.3) is 14.3 Å². The van der Waals surface area contributed by atoms with Gasteiger partial charge in [0, 0.05) is 6.42 Å². The highest BCUT2D eigenvalue weighted by Gasteiger charge is 2.40. The molecule has 0 amide bonds. The van der Waals surface area contributed by atoms with Gasteiger partial charge in [-0.25, -0.2) is 0 Å². The number of hydrogen-bond donors (Lipinski definition) is 0. The van der Waals surface area contributed by atoms with Gasteiger partial charge in [0.15, 0.2) is 0 Å². The van der Waals surface area contributed by atoms with Crippen LogP contribution >= 0.6 is 0 Å². The summed E-state index contributed by atoms with van der Waals surface area (Å²) in [5.74, 6) is 7.11. The molecule has 3 heteroatoms. The molecule has 128 valence electrons. The van der Waals surface area contributed by atoms with Crippen molar-refractivity contribution in [3.8, 4) is 11.8 Å². The Kier molecular flexibility index (Phi) is 9.60. The van der Waals surface area contributed by atoms with E-state index in [9.17, 15) is 0 Å². The van der Waals surface area contributed by atoms with Crippen LogP contribution in [-0.4, -0.2) is 14.9 Å². The number of hydrogen-bond acceptors (Lipinski definition) is 2. The maximum atomic E-state index is 6.29. The third-order valence-corrected chi connectivity index (χ3v) is 8.47. The molecule has 0 aromatic carbocycles. The molecule has 0 saturated heterocycles. The molecule has 0 saturated carbocycles. The first-order valence-electron chi connectivity index (χ1n) is 8.67. The van der Waals surface area contributed by atoms with Crippen LogP contribution in [0.4, 0.5) is 0 Å². The zero-order valence-electron chi connectivity index (χ0n) is 16.1. The molecular weight excluding hydrogens is 288 g/mol.